The van der Waals surface area contributed by atoms with Crippen LogP contribution in [0.4, 0.5) is 8.78 Å². The monoisotopic (exact) mass is 463 g/mol. The second kappa shape index (κ2) is 9.33. The number of allylic oxidation sites excluding steroid dienone is 1. The topological polar surface area (TPSA) is 88.6 Å². The zero-order valence-corrected chi connectivity index (χ0v) is 18.0. The minimum absolute atomic E-state index is 0.0638. The van der Waals surface area contributed by atoms with E-state index in [1.807, 2.05) is 0 Å². The van der Waals surface area contributed by atoms with Crippen molar-refractivity contribution in [3.05, 3.63) is 64.3 Å². The van der Waals surface area contributed by atoms with E-state index in [-0.39, 0.29) is 17.7 Å². The number of aromatic nitrogens is 1. The largest absolute Gasteiger partial charge is 0.435 e. The van der Waals surface area contributed by atoms with Crippen LogP contribution in [0.15, 0.2) is 47.6 Å². The third kappa shape index (κ3) is 4.97. The Kier molecular flexibility index (Phi) is 6.52. The first-order valence-corrected chi connectivity index (χ1v) is 11.8. The summed E-state index contributed by atoms with van der Waals surface area (Å²) in [4.78, 5) is 16.5. The van der Waals surface area contributed by atoms with Gasteiger partial charge in [-0.3, -0.25) is 9.78 Å². The second-order valence-electron chi connectivity index (χ2n) is 7.74. The lowest BCUT2D eigenvalue weighted by Crippen LogP contribution is -2.46. The highest BCUT2D eigenvalue weighted by atomic mass is 32.2. The van der Waals surface area contributed by atoms with Gasteiger partial charge < -0.3 is 10.1 Å². The van der Waals surface area contributed by atoms with E-state index in [0.29, 0.717) is 54.8 Å². The van der Waals surface area contributed by atoms with E-state index in [1.54, 1.807) is 30.5 Å². The van der Waals surface area contributed by atoms with Crippen LogP contribution < -0.4 is 10.1 Å². The Morgan fingerprint density at radius 3 is 2.66 bits per heavy atom. The summed E-state index contributed by atoms with van der Waals surface area (Å²) in [5, 5.41) is 2.94. The van der Waals surface area contributed by atoms with Crippen LogP contribution in [0.25, 0.3) is 6.08 Å². The van der Waals surface area contributed by atoms with Gasteiger partial charge in [-0.1, -0.05) is 6.07 Å². The van der Waals surface area contributed by atoms with E-state index in [0.717, 1.165) is 5.56 Å². The number of rotatable bonds is 6. The first kappa shape index (κ1) is 22.3. The van der Waals surface area contributed by atoms with Crippen molar-refractivity contribution in [3.63, 3.8) is 0 Å². The number of sulfonamides is 1. The highest BCUT2D eigenvalue weighted by Gasteiger charge is 2.32. The maximum atomic E-state index is 13.2. The van der Waals surface area contributed by atoms with Gasteiger partial charge in [-0.2, -0.15) is 13.1 Å². The fourth-order valence-corrected chi connectivity index (χ4v) is 5.65. The Morgan fingerprint density at radius 1 is 1.19 bits per heavy atom. The summed E-state index contributed by atoms with van der Waals surface area (Å²) in [7, 11) is -3.64. The van der Waals surface area contributed by atoms with E-state index in [1.165, 1.54) is 22.6 Å². The third-order valence-corrected chi connectivity index (χ3v) is 7.71. The molecule has 1 fully saturated rings. The number of alkyl halides is 2. The van der Waals surface area contributed by atoms with Gasteiger partial charge in [0.1, 0.15) is 5.75 Å². The number of nitrogens with one attached hydrogen (secondary N) is 1. The van der Waals surface area contributed by atoms with Crippen LogP contribution in [0.5, 0.6) is 5.75 Å². The van der Waals surface area contributed by atoms with Gasteiger partial charge in [0, 0.05) is 31.5 Å². The Bertz CT molecular complexity index is 1120. The van der Waals surface area contributed by atoms with Crippen LogP contribution in [0.3, 0.4) is 0 Å². The highest BCUT2D eigenvalue weighted by molar-refractivity contribution is 7.93. The van der Waals surface area contributed by atoms with Crippen molar-refractivity contribution < 1.29 is 26.7 Å². The molecule has 170 valence electrons. The van der Waals surface area contributed by atoms with Crippen molar-refractivity contribution in [3.8, 4) is 5.75 Å². The summed E-state index contributed by atoms with van der Waals surface area (Å²) in [6, 6.07) is 7.79. The first-order valence-electron chi connectivity index (χ1n) is 10.3. The number of pyridine rings is 1. The maximum Gasteiger partial charge on any atom is 0.387 e. The summed E-state index contributed by atoms with van der Waals surface area (Å²) in [6.07, 6.45) is 6.45. The molecule has 1 aromatic carbocycles. The highest BCUT2D eigenvalue weighted by Crippen LogP contribution is 2.32. The van der Waals surface area contributed by atoms with Crippen LogP contribution in [0.2, 0.25) is 0 Å². The van der Waals surface area contributed by atoms with Crippen molar-refractivity contribution in [2.24, 2.45) is 0 Å². The van der Waals surface area contributed by atoms with Gasteiger partial charge >= 0.3 is 6.61 Å². The number of nitrogens with zero attached hydrogens (tertiary/aromatic N) is 2. The molecule has 2 heterocycles. The normalized spacial score (nSPS) is 17.5. The molecule has 1 aliphatic carbocycles. The molecule has 0 bridgehead atoms. The number of piperidine rings is 1. The lowest BCUT2D eigenvalue weighted by atomic mass is 9.97. The van der Waals surface area contributed by atoms with Crippen LogP contribution >= 0.6 is 0 Å². The number of benzene rings is 1. The Balaban J connectivity index is 1.39. The van der Waals surface area contributed by atoms with E-state index in [4.69, 9.17) is 0 Å². The number of halogens is 2. The molecule has 0 spiro atoms. The lowest BCUT2D eigenvalue weighted by Gasteiger charge is -2.32. The molecular weight excluding hydrogens is 440 g/mol. The molecule has 10 heteroatoms. The molecule has 1 aliphatic heterocycles. The molecule has 1 saturated heterocycles. The van der Waals surface area contributed by atoms with Gasteiger partial charge in [-0.05, 0) is 67.2 Å². The van der Waals surface area contributed by atoms with Gasteiger partial charge in [-0.15, -0.1) is 0 Å². The van der Waals surface area contributed by atoms with Crippen molar-refractivity contribution in [1.82, 2.24) is 14.6 Å². The minimum Gasteiger partial charge on any atom is -0.435 e. The van der Waals surface area contributed by atoms with Crippen molar-refractivity contribution in [2.75, 3.05) is 13.1 Å². The maximum absolute atomic E-state index is 13.2. The predicted octanol–water partition coefficient (Wildman–Crippen LogP) is 3.19. The number of carbonyl (C=O) groups is 1. The Hall–Kier alpha value is -2.85. The van der Waals surface area contributed by atoms with Gasteiger partial charge in [0.2, 0.25) is 10.0 Å². The average Bonchev–Trinajstić information content (AvgIpc) is 2.79. The quantitative estimate of drug-likeness (QED) is 0.711. The van der Waals surface area contributed by atoms with Crippen LogP contribution in [0, 0.1) is 0 Å². The molecule has 2 aliphatic rings. The summed E-state index contributed by atoms with van der Waals surface area (Å²) >= 11 is 0. The Labute approximate surface area is 185 Å². The van der Waals surface area contributed by atoms with Gasteiger partial charge in [0.05, 0.1) is 10.5 Å². The fraction of sp³-hybridized carbons (Fsp3) is 0.364. The summed E-state index contributed by atoms with van der Waals surface area (Å²) in [5.41, 5.74) is 1.93. The molecular formula is C22H23F2N3O4S. The van der Waals surface area contributed by atoms with Gasteiger partial charge in [0.15, 0.2) is 0 Å². The fourth-order valence-electron chi connectivity index (χ4n) is 3.99. The second-order valence-corrected chi connectivity index (χ2v) is 9.73. The van der Waals surface area contributed by atoms with Crippen molar-refractivity contribution in [2.45, 2.75) is 38.3 Å². The molecule has 0 unspecified atom stereocenters. The first-order chi connectivity index (χ1) is 15.3. The molecule has 4 rings (SSSR count). The third-order valence-electron chi connectivity index (χ3n) is 5.68. The van der Waals surface area contributed by atoms with E-state index in [9.17, 15) is 22.0 Å². The van der Waals surface area contributed by atoms with Crippen molar-refractivity contribution >= 4 is 22.0 Å². The molecule has 7 nitrogen and oxygen atoms in total. The molecule has 0 radical (unpaired) electrons. The number of carbonyl (C=O) groups excluding carboxylic acids is 1. The Morgan fingerprint density at radius 2 is 1.97 bits per heavy atom. The van der Waals surface area contributed by atoms with Crippen LogP contribution in [-0.4, -0.2) is 49.4 Å². The van der Waals surface area contributed by atoms with E-state index >= 15 is 0 Å². The van der Waals surface area contributed by atoms with Crippen LogP contribution in [0.1, 0.15) is 40.7 Å². The molecule has 0 atom stereocenters. The van der Waals surface area contributed by atoms with Crippen molar-refractivity contribution in [1.29, 1.82) is 0 Å². The number of hydrogen-bond donors (Lipinski definition) is 1. The smallest absolute Gasteiger partial charge is 0.387 e. The molecule has 2 aromatic rings. The number of hydrogen-bond acceptors (Lipinski definition) is 5. The number of fused-ring (bicyclic) bond motifs is 1. The number of aryl methyl sites for hydroxylation is 1. The van der Waals surface area contributed by atoms with Crippen LogP contribution in [-0.2, 0) is 16.4 Å². The van der Waals surface area contributed by atoms with Gasteiger partial charge in [-0.25, -0.2) is 8.42 Å². The molecule has 1 aromatic heterocycles. The lowest BCUT2D eigenvalue weighted by molar-refractivity contribution is -0.0498. The summed E-state index contributed by atoms with van der Waals surface area (Å²) in [6.45, 7) is -2.28. The zero-order chi connectivity index (χ0) is 22.7. The molecule has 1 N–H and O–H groups in total. The minimum atomic E-state index is -3.64. The standard InChI is InChI=1S/C22H23F2N3O4S/c23-22(24)31-19-5-3-16-13-20(6-4-15(16)12-19)32(29,30)27-10-7-18(8-11-27)26-21(28)17-2-1-9-25-14-17/h1-3,5,9,12-14,18,22H,4,6-8,10-11H2,(H,26,28). The molecule has 1 amide bonds. The predicted molar refractivity (Wildman–Crippen MR) is 115 cm³/mol. The average molecular weight is 464 g/mol. The molecule has 0 saturated carbocycles. The van der Waals surface area contributed by atoms with Gasteiger partial charge in [0.25, 0.3) is 5.91 Å². The number of amides is 1. The van der Waals surface area contributed by atoms with E-state index < -0.39 is 16.6 Å². The summed E-state index contributed by atoms with van der Waals surface area (Å²) < 4.78 is 57.0. The SMILES string of the molecule is O=C(NC1CCN(S(=O)(=O)C2=Cc3ccc(OC(F)F)cc3CC2)CC1)c1cccnc1. The summed E-state index contributed by atoms with van der Waals surface area (Å²) in [5.74, 6) is -0.157. The molecule has 32 heavy (non-hydrogen) atoms. The zero-order valence-electron chi connectivity index (χ0n) is 17.2. The van der Waals surface area contributed by atoms with E-state index in [2.05, 4.69) is 15.0 Å². The number of ether oxygens (including phenoxy) is 1.